The van der Waals surface area contributed by atoms with Crippen LogP contribution in [0, 0.1) is 0 Å². The Morgan fingerprint density at radius 1 is 1.14 bits per heavy atom. The topological polar surface area (TPSA) is 70.5 Å². The molecule has 28 heavy (non-hydrogen) atoms. The van der Waals surface area contributed by atoms with Crippen LogP contribution in [0.2, 0.25) is 0 Å². The first-order chi connectivity index (χ1) is 13.6. The second-order valence-corrected chi connectivity index (χ2v) is 7.80. The summed E-state index contributed by atoms with van der Waals surface area (Å²) in [7, 11) is 1.81. The molecule has 7 heteroatoms. The number of rotatable bonds is 5. The van der Waals surface area contributed by atoms with Gasteiger partial charge in [-0.25, -0.2) is 0 Å². The number of aryl methyl sites for hydroxylation is 1. The summed E-state index contributed by atoms with van der Waals surface area (Å²) in [6.07, 6.45) is 5.36. The Morgan fingerprint density at radius 2 is 1.89 bits per heavy atom. The van der Waals surface area contributed by atoms with Crippen LogP contribution in [0.4, 0.5) is 5.82 Å². The molecule has 2 aromatic rings. The highest BCUT2D eigenvalue weighted by Crippen LogP contribution is 2.38. The number of carbonyl (C=O) groups excluding carboxylic acids is 2. The molecule has 3 heterocycles. The smallest absolute Gasteiger partial charge is 0.243 e. The zero-order valence-corrected chi connectivity index (χ0v) is 16.3. The Kier molecular flexibility index (Phi) is 5.17. The van der Waals surface area contributed by atoms with Crippen molar-refractivity contribution >= 4 is 17.6 Å². The van der Waals surface area contributed by atoms with E-state index >= 15 is 0 Å². The van der Waals surface area contributed by atoms with Crippen LogP contribution < -0.4 is 5.32 Å². The van der Waals surface area contributed by atoms with Crippen molar-refractivity contribution in [2.45, 2.75) is 37.8 Å². The highest BCUT2D eigenvalue weighted by molar-refractivity contribution is 5.93. The van der Waals surface area contributed by atoms with Crippen molar-refractivity contribution in [1.29, 1.82) is 0 Å². The van der Waals surface area contributed by atoms with Crippen LogP contribution in [0.25, 0.3) is 0 Å². The third-order valence-corrected chi connectivity index (χ3v) is 5.86. The van der Waals surface area contributed by atoms with E-state index < -0.39 is 5.54 Å². The number of hydrogen-bond acceptors (Lipinski definition) is 4. The van der Waals surface area contributed by atoms with Crippen molar-refractivity contribution in [3.8, 4) is 0 Å². The van der Waals surface area contributed by atoms with Crippen molar-refractivity contribution in [2.75, 3.05) is 25.0 Å². The molecule has 4 rings (SSSR count). The van der Waals surface area contributed by atoms with Gasteiger partial charge in [-0.15, -0.1) is 0 Å². The van der Waals surface area contributed by atoms with Crippen molar-refractivity contribution < 1.29 is 9.59 Å². The van der Waals surface area contributed by atoms with E-state index in [9.17, 15) is 9.59 Å². The normalized spacial score (nSPS) is 22.8. The number of nitrogens with one attached hydrogen (secondary N) is 1. The molecular formula is C21H27N5O2. The molecule has 148 valence electrons. The maximum atomic E-state index is 13.4. The summed E-state index contributed by atoms with van der Waals surface area (Å²) < 4.78 is 1.65. The fraction of sp³-hybridized carbons (Fsp3) is 0.476. The molecule has 7 nitrogen and oxygen atoms in total. The average Bonchev–Trinajstić information content (AvgIpc) is 3.27. The van der Waals surface area contributed by atoms with E-state index in [1.165, 1.54) is 0 Å². The average molecular weight is 381 g/mol. The number of benzene rings is 1. The molecule has 1 unspecified atom stereocenters. The van der Waals surface area contributed by atoms with E-state index in [1.807, 2.05) is 30.1 Å². The molecule has 1 spiro atoms. The molecule has 1 atom stereocenters. The fourth-order valence-electron chi connectivity index (χ4n) is 4.55. The van der Waals surface area contributed by atoms with Crippen molar-refractivity contribution in [2.24, 2.45) is 7.05 Å². The second kappa shape index (κ2) is 7.75. The first-order valence-corrected chi connectivity index (χ1v) is 9.95. The molecule has 0 aliphatic carbocycles. The first kappa shape index (κ1) is 18.7. The number of likely N-dealkylation sites (tertiary alicyclic amines) is 2. The number of nitrogens with zero attached hydrogens (tertiary/aromatic N) is 4. The van der Waals surface area contributed by atoms with Crippen LogP contribution in [-0.2, 0) is 23.2 Å². The summed E-state index contributed by atoms with van der Waals surface area (Å²) in [5, 5.41) is 7.03. The van der Waals surface area contributed by atoms with E-state index in [0.717, 1.165) is 44.3 Å². The Labute approximate surface area is 165 Å². The lowest BCUT2D eigenvalue weighted by atomic mass is 9.85. The van der Waals surface area contributed by atoms with Crippen LogP contribution in [0.15, 0.2) is 42.6 Å². The van der Waals surface area contributed by atoms with Gasteiger partial charge in [0.2, 0.25) is 11.8 Å². The molecule has 2 aliphatic rings. The molecular weight excluding hydrogens is 354 g/mol. The van der Waals surface area contributed by atoms with Crippen LogP contribution in [0.3, 0.4) is 0 Å². The number of hydrogen-bond donors (Lipinski definition) is 1. The van der Waals surface area contributed by atoms with Gasteiger partial charge in [-0.1, -0.05) is 30.3 Å². The molecule has 1 aromatic carbocycles. The van der Waals surface area contributed by atoms with Crippen molar-refractivity contribution in [3.05, 3.63) is 48.2 Å². The molecule has 2 aliphatic heterocycles. The van der Waals surface area contributed by atoms with E-state index in [4.69, 9.17) is 0 Å². The van der Waals surface area contributed by atoms with Crippen LogP contribution >= 0.6 is 0 Å². The van der Waals surface area contributed by atoms with Gasteiger partial charge in [-0.2, -0.15) is 5.10 Å². The standard InChI is InChI=1S/C21H27N5O2/c1-24-14-9-18(23-24)22-19(27)16-26-13-6-11-21(26)10-5-12-25(20(21)28)15-17-7-3-2-4-8-17/h2-4,7-9,14H,5-6,10-13,15-16H2,1H3,(H,22,23,27). The predicted molar refractivity (Wildman–Crippen MR) is 106 cm³/mol. The third kappa shape index (κ3) is 3.67. The molecule has 1 aromatic heterocycles. The minimum absolute atomic E-state index is 0.118. The van der Waals surface area contributed by atoms with E-state index in [0.29, 0.717) is 12.4 Å². The van der Waals surface area contributed by atoms with Gasteiger partial charge < -0.3 is 10.2 Å². The lowest BCUT2D eigenvalue weighted by Gasteiger charge is -2.44. The molecule has 2 saturated heterocycles. The number of aromatic nitrogens is 2. The molecule has 0 saturated carbocycles. The van der Waals surface area contributed by atoms with Gasteiger partial charge in [0.15, 0.2) is 5.82 Å². The summed E-state index contributed by atoms with van der Waals surface area (Å²) >= 11 is 0. The number of carbonyl (C=O) groups is 2. The fourth-order valence-corrected chi connectivity index (χ4v) is 4.55. The number of piperidine rings is 1. The second-order valence-electron chi connectivity index (χ2n) is 7.80. The maximum absolute atomic E-state index is 13.4. The summed E-state index contributed by atoms with van der Waals surface area (Å²) in [6.45, 7) is 2.42. The van der Waals surface area contributed by atoms with E-state index in [2.05, 4.69) is 27.4 Å². The highest BCUT2D eigenvalue weighted by Gasteiger charge is 2.51. The maximum Gasteiger partial charge on any atom is 0.243 e. The van der Waals surface area contributed by atoms with Gasteiger partial charge in [-0.3, -0.25) is 19.2 Å². The predicted octanol–water partition coefficient (Wildman–Crippen LogP) is 2.02. The molecule has 2 amide bonds. The van der Waals surface area contributed by atoms with Gasteiger partial charge >= 0.3 is 0 Å². The van der Waals surface area contributed by atoms with Gasteiger partial charge in [0.05, 0.1) is 6.54 Å². The van der Waals surface area contributed by atoms with Crippen molar-refractivity contribution in [1.82, 2.24) is 19.6 Å². The SMILES string of the molecule is Cn1ccc(NC(=O)CN2CCCC23CCCN(Cc2ccccc2)C3=O)n1. The van der Waals surface area contributed by atoms with Crippen LogP contribution in [-0.4, -0.2) is 56.6 Å². The zero-order chi connectivity index (χ0) is 19.6. The Balaban J connectivity index is 1.45. The summed E-state index contributed by atoms with van der Waals surface area (Å²) in [4.78, 5) is 30.1. The summed E-state index contributed by atoms with van der Waals surface area (Å²) in [5.74, 6) is 0.597. The van der Waals surface area contributed by atoms with Gasteiger partial charge in [-0.05, 0) is 37.8 Å². The van der Waals surface area contributed by atoms with Gasteiger partial charge in [0, 0.05) is 32.4 Å². The van der Waals surface area contributed by atoms with Crippen LogP contribution in [0.5, 0.6) is 0 Å². The largest absolute Gasteiger partial charge is 0.337 e. The van der Waals surface area contributed by atoms with Crippen LogP contribution in [0.1, 0.15) is 31.2 Å². The first-order valence-electron chi connectivity index (χ1n) is 9.95. The quantitative estimate of drug-likeness (QED) is 0.860. The van der Waals surface area contributed by atoms with Gasteiger partial charge in [0.1, 0.15) is 5.54 Å². The third-order valence-electron chi connectivity index (χ3n) is 5.86. The van der Waals surface area contributed by atoms with E-state index in [1.54, 1.807) is 16.9 Å². The Bertz CT molecular complexity index is 849. The molecule has 0 bridgehead atoms. The molecule has 2 fully saturated rings. The van der Waals surface area contributed by atoms with Gasteiger partial charge in [0.25, 0.3) is 0 Å². The minimum atomic E-state index is -0.533. The summed E-state index contributed by atoms with van der Waals surface area (Å²) in [6, 6.07) is 11.9. The Hall–Kier alpha value is -2.67. The number of anilines is 1. The lowest BCUT2D eigenvalue weighted by molar-refractivity contribution is -0.148. The summed E-state index contributed by atoms with van der Waals surface area (Å²) in [5.41, 5.74) is 0.611. The number of amides is 2. The van der Waals surface area contributed by atoms with Crippen molar-refractivity contribution in [3.63, 3.8) is 0 Å². The zero-order valence-electron chi connectivity index (χ0n) is 16.3. The molecule has 1 N–H and O–H groups in total. The minimum Gasteiger partial charge on any atom is -0.337 e. The molecule has 0 radical (unpaired) electrons. The lowest BCUT2D eigenvalue weighted by Crippen LogP contribution is -2.60. The highest BCUT2D eigenvalue weighted by atomic mass is 16.2. The monoisotopic (exact) mass is 381 g/mol. The Morgan fingerprint density at radius 3 is 2.61 bits per heavy atom. The van der Waals surface area contributed by atoms with E-state index in [-0.39, 0.29) is 18.4 Å².